The van der Waals surface area contributed by atoms with Gasteiger partial charge in [-0.15, -0.1) is 0 Å². The Morgan fingerprint density at radius 3 is 1.47 bits per heavy atom. The first-order chi connectivity index (χ1) is 39.7. The second-order valence-electron chi connectivity index (χ2n) is 22.2. The van der Waals surface area contributed by atoms with Gasteiger partial charge in [0, 0.05) is 6.42 Å². The van der Waals surface area contributed by atoms with E-state index in [2.05, 4.69) is 68.6 Å². The van der Waals surface area contributed by atoms with Gasteiger partial charge in [0.15, 0.2) is 12.4 Å². The molecule has 0 spiro atoms. The molecule has 0 bridgehead atoms. The maximum Gasteiger partial charge on any atom is 0.306 e. The Bertz CT molecular complexity index is 1730. The first-order valence-electron chi connectivity index (χ1n) is 32.7. The number of aliphatic hydroxyl groups excluding tert-OH is 5. The molecular weight excluding hydrogens is 1010 g/mol. The lowest BCUT2D eigenvalue weighted by Crippen LogP contribution is -2.61. The van der Waals surface area contributed by atoms with Crippen molar-refractivity contribution in [3.05, 3.63) is 109 Å². The summed E-state index contributed by atoms with van der Waals surface area (Å²) >= 11 is 0. The molecule has 464 valence electrons. The minimum atomic E-state index is -1.63. The van der Waals surface area contributed by atoms with Gasteiger partial charge in [-0.05, 0) is 83.5 Å². The molecule has 0 aromatic heterocycles. The van der Waals surface area contributed by atoms with Crippen molar-refractivity contribution < 1.29 is 49.3 Å². The van der Waals surface area contributed by atoms with Crippen LogP contribution in [-0.4, -0.2) is 99.6 Å². The fourth-order valence-electron chi connectivity index (χ4n) is 9.62. The molecule has 1 aliphatic rings. The van der Waals surface area contributed by atoms with Gasteiger partial charge in [0.1, 0.15) is 24.4 Å². The quantitative estimate of drug-likeness (QED) is 0.0149. The number of aliphatic hydroxyl groups is 5. The van der Waals surface area contributed by atoms with Crippen molar-refractivity contribution in [2.45, 2.75) is 307 Å². The molecule has 81 heavy (non-hydrogen) atoms. The summed E-state index contributed by atoms with van der Waals surface area (Å²) in [6.45, 7) is 5.59. The van der Waals surface area contributed by atoms with Crippen molar-refractivity contribution in [3.8, 4) is 0 Å². The molecular formula is C70H119NO10. The van der Waals surface area contributed by atoms with Crippen LogP contribution in [0.25, 0.3) is 0 Å². The molecule has 1 fully saturated rings. The molecule has 0 aliphatic carbocycles. The van der Waals surface area contributed by atoms with Crippen LogP contribution >= 0.6 is 0 Å². The number of amides is 1. The summed E-state index contributed by atoms with van der Waals surface area (Å²) in [6.07, 6.45) is 67.0. The van der Waals surface area contributed by atoms with Crippen molar-refractivity contribution >= 4 is 11.9 Å². The van der Waals surface area contributed by atoms with E-state index in [1.807, 2.05) is 60.8 Å². The predicted octanol–water partition coefficient (Wildman–Crippen LogP) is 16.1. The third-order valence-corrected chi connectivity index (χ3v) is 14.8. The van der Waals surface area contributed by atoms with Crippen LogP contribution in [0.3, 0.4) is 0 Å². The zero-order chi connectivity index (χ0) is 58.9. The van der Waals surface area contributed by atoms with Gasteiger partial charge in [-0.2, -0.15) is 0 Å². The minimum Gasteiger partial charge on any atom is -0.454 e. The van der Waals surface area contributed by atoms with Gasteiger partial charge in [-0.3, -0.25) is 9.59 Å². The second kappa shape index (κ2) is 56.8. The lowest BCUT2D eigenvalue weighted by atomic mass is 9.99. The number of carbonyl (C=O) groups is 2. The SMILES string of the molecule is CC/C=C/C=C/C=C\C=C/C=C/CCCCC(O)C(=O)NC(COC1OC(CO)C(O)C(O)C1OC(=O)CCCCCCCCCCCCCC/C=C\C/C=C\C/C=C\CCCCC)C(O)/C=C/CCCCCCCCCCCCC. The van der Waals surface area contributed by atoms with E-state index in [0.717, 1.165) is 83.5 Å². The Labute approximate surface area is 494 Å². The summed E-state index contributed by atoms with van der Waals surface area (Å²) in [7, 11) is 0. The molecule has 1 aliphatic heterocycles. The van der Waals surface area contributed by atoms with Gasteiger partial charge in [0.2, 0.25) is 5.91 Å². The van der Waals surface area contributed by atoms with Crippen LogP contribution in [0.4, 0.5) is 0 Å². The summed E-state index contributed by atoms with van der Waals surface area (Å²) in [5.41, 5.74) is 0. The maximum atomic E-state index is 13.4. The molecule has 8 unspecified atom stereocenters. The number of rotatable bonds is 54. The lowest BCUT2D eigenvalue weighted by molar-refractivity contribution is -0.305. The van der Waals surface area contributed by atoms with Crippen LogP contribution in [0.15, 0.2) is 109 Å². The third-order valence-electron chi connectivity index (χ3n) is 14.8. The number of esters is 1. The molecule has 6 N–H and O–H groups in total. The van der Waals surface area contributed by atoms with Crippen molar-refractivity contribution in [3.63, 3.8) is 0 Å². The van der Waals surface area contributed by atoms with Gasteiger partial charge in [-0.25, -0.2) is 0 Å². The van der Waals surface area contributed by atoms with Crippen LogP contribution in [0, 0.1) is 0 Å². The fraction of sp³-hybridized carbons (Fsp3) is 0.714. The molecule has 0 radical (unpaired) electrons. The summed E-state index contributed by atoms with van der Waals surface area (Å²) < 4.78 is 17.6. The first kappa shape index (κ1) is 75.3. The first-order valence-corrected chi connectivity index (χ1v) is 32.7. The van der Waals surface area contributed by atoms with E-state index in [9.17, 15) is 35.1 Å². The lowest BCUT2D eigenvalue weighted by Gasteiger charge is -2.41. The highest BCUT2D eigenvalue weighted by atomic mass is 16.7. The average molecular weight is 1130 g/mol. The molecule has 1 heterocycles. The topological polar surface area (TPSA) is 175 Å². The molecule has 1 saturated heterocycles. The largest absolute Gasteiger partial charge is 0.454 e. The zero-order valence-corrected chi connectivity index (χ0v) is 51.4. The number of hydrogen-bond donors (Lipinski definition) is 6. The van der Waals surface area contributed by atoms with Crippen molar-refractivity contribution in [2.24, 2.45) is 0 Å². The molecule has 0 saturated carbocycles. The summed E-state index contributed by atoms with van der Waals surface area (Å²) in [5.74, 6) is -1.24. The Kier molecular flexibility index (Phi) is 52.8. The minimum absolute atomic E-state index is 0.110. The molecule has 11 heteroatoms. The third kappa shape index (κ3) is 44.5. The summed E-state index contributed by atoms with van der Waals surface area (Å²) in [5, 5.41) is 57.0. The molecule has 8 atom stereocenters. The number of unbranched alkanes of at least 4 members (excludes halogenated alkanes) is 28. The Morgan fingerprint density at radius 2 is 0.938 bits per heavy atom. The monoisotopic (exact) mass is 1130 g/mol. The molecule has 1 rings (SSSR count). The number of hydrogen-bond acceptors (Lipinski definition) is 10. The Morgan fingerprint density at radius 1 is 0.506 bits per heavy atom. The van der Waals surface area contributed by atoms with Crippen LogP contribution < -0.4 is 5.32 Å². The van der Waals surface area contributed by atoms with Gasteiger partial charge in [0.25, 0.3) is 0 Å². The highest BCUT2D eigenvalue weighted by Crippen LogP contribution is 2.26. The zero-order valence-electron chi connectivity index (χ0n) is 51.4. The van der Waals surface area contributed by atoms with Gasteiger partial charge < -0.3 is 45.1 Å². The molecule has 11 nitrogen and oxygen atoms in total. The average Bonchev–Trinajstić information content (AvgIpc) is 3.46. The van der Waals surface area contributed by atoms with E-state index in [1.54, 1.807) is 6.08 Å². The molecule has 0 aromatic carbocycles. The Balaban J connectivity index is 2.63. The van der Waals surface area contributed by atoms with Crippen LogP contribution in [0.1, 0.15) is 258 Å². The number of carbonyl (C=O) groups excluding carboxylic acids is 2. The fourth-order valence-corrected chi connectivity index (χ4v) is 9.62. The smallest absolute Gasteiger partial charge is 0.306 e. The summed E-state index contributed by atoms with van der Waals surface area (Å²) in [4.78, 5) is 26.6. The van der Waals surface area contributed by atoms with E-state index >= 15 is 0 Å². The van der Waals surface area contributed by atoms with Crippen molar-refractivity contribution in [2.75, 3.05) is 13.2 Å². The predicted molar refractivity (Wildman–Crippen MR) is 338 cm³/mol. The van der Waals surface area contributed by atoms with Crippen molar-refractivity contribution in [1.29, 1.82) is 0 Å². The Hall–Kier alpha value is -3.68. The molecule has 0 aromatic rings. The maximum absolute atomic E-state index is 13.4. The normalized spacial score (nSPS) is 19.4. The van der Waals surface area contributed by atoms with E-state index in [4.69, 9.17) is 14.2 Å². The standard InChI is InChI=1S/C70H119NO10/c1-4-7-10-13-16-19-22-25-27-28-29-30-31-32-33-34-35-36-37-40-43-46-49-52-55-58-65(75)81-68-67(77)66(76)64(59-72)80-70(68)79-60-61(62(73)56-53-50-47-44-41-38-24-21-18-15-12-9-6-3)71-69(78)63(74)57-54-51-48-45-42-39-26-23-20-17-14-11-8-5-2/h8,11,14,16-17,19-20,23,25-27,29-30,39,42,45,53,56,61-64,66-68,70,72-74,76-77H,4-7,9-10,12-13,15,18,21-22,24,28,31-38,40-41,43-44,46-52,54-55,57-60H2,1-3H3,(H,71,78)/b11-8+,17-14+,19-16-,23-20-,27-25-,30-29-,39-26-,45-42+,56-53+. The van der Waals surface area contributed by atoms with Gasteiger partial charge in [-0.1, -0.05) is 278 Å². The van der Waals surface area contributed by atoms with E-state index in [0.29, 0.717) is 12.8 Å². The molecule has 1 amide bonds. The number of allylic oxidation sites excluding steroid dienone is 17. The highest BCUT2D eigenvalue weighted by Gasteiger charge is 2.47. The van der Waals surface area contributed by atoms with Crippen LogP contribution in [0.5, 0.6) is 0 Å². The summed E-state index contributed by atoms with van der Waals surface area (Å²) in [6, 6.07) is -1.05. The van der Waals surface area contributed by atoms with E-state index in [-0.39, 0.29) is 19.4 Å². The number of ether oxygens (including phenoxy) is 3. The second-order valence-corrected chi connectivity index (χ2v) is 22.2. The highest BCUT2D eigenvalue weighted by molar-refractivity contribution is 5.80. The number of nitrogens with one attached hydrogen (secondary N) is 1. The van der Waals surface area contributed by atoms with E-state index < -0.39 is 67.4 Å². The van der Waals surface area contributed by atoms with E-state index in [1.165, 1.54) is 128 Å². The van der Waals surface area contributed by atoms with Crippen molar-refractivity contribution in [1.82, 2.24) is 5.32 Å². The van der Waals surface area contributed by atoms with Crippen LogP contribution in [0.2, 0.25) is 0 Å². The van der Waals surface area contributed by atoms with Gasteiger partial charge in [0.05, 0.1) is 25.4 Å². The van der Waals surface area contributed by atoms with Crippen LogP contribution in [-0.2, 0) is 23.8 Å². The van der Waals surface area contributed by atoms with Gasteiger partial charge >= 0.3 is 5.97 Å².